The van der Waals surface area contributed by atoms with E-state index in [1.807, 2.05) is 19.9 Å². The lowest BCUT2D eigenvalue weighted by Gasteiger charge is -2.06. The second-order valence-corrected chi connectivity index (χ2v) is 3.84. The van der Waals surface area contributed by atoms with Crippen LogP contribution in [0.4, 0.5) is 0 Å². The minimum absolute atomic E-state index is 0.0945. The highest BCUT2D eigenvalue weighted by molar-refractivity contribution is 6.18. The van der Waals surface area contributed by atoms with E-state index in [1.165, 1.54) is 17.0 Å². The maximum Gasteiger partial charge on any atom is 0.339 e. The molecule has 7 heteroatoms. The molecule has 0 spiro atoms. The van der Waals surface area contributed by atoms with E-state index in [9.17, 15) is 4.79 Å². The standard InChI is InChI=1S/C13H15N5O2.C2H6/c1-3-5-10(13(19)20)11(15)17-12(9(2)8-14)18-7-4-6-16-18;1-2/h4-7H,3H2,1-2H3,(H2,15,17)(H,19,20);1-2H3/b10-5-,12-9-;. The van der Waals surface area contributed by atoms with Crippen molar-refractivity contribution in [2.45, 2.75) is 34.1 Å². The minimum atomic E-state index is -1.16. The van der Waals surface area contributed by atoms with Gasteiger partial charge in [0.1, 0.15) is 5.84 Å². The first-order valence-corrected chi connectivity index (χ1v) is 6.90. The predicted molar refractivity (Wildman–Crippen MR) is 85.7 cm³/mol. The summed E-state index contributed by atoms with van der Waals surface area (Å²) in [4.78, 5) is 15.1. The number of allylic oxidation sites excluding steroid dienone is 2. The fourth-order valence-corrected chi connectivity index (χ4v) is 1.43. The Morgan fingerprint density at radius 1 is 1.55 bits per heavy atom. The molecule has 22 heavy (non-hydrogen) atoms. The van der Waals surface area contributed by atoms with Gasteiger partial charge in [-0.1, -0.05) is 26.8 Å². The third-order valence-electron chi connectivity index (χ3n) is 2.37. The van der Waals surface area contributed by atoms with Crippen molar-refractivity contribution in [2.75, 3.05) is 0 Å². The number of aromatic nitrogens is 2. The first-order valence-electron chi connectivity index (χ1n) is 6.90. The molecular formula is C15H21N5O2. The summed E-state index contributed by atoms with van der Waals surface area (Å²) < 4.78 is 1.36. The zero-order valence-electron chi connectivity index (χ0n) is 13.2. The number of amidine groups is 1. The number of hydrogen-bond acceptors (Lipinski definition) is 4. The maximum atomic E-state index is 11.1. The number of aliphatic imine (C=N–C) groups is 1. The molecule has 0 bridgehead atoms. The third-order valence-corrected chi connectivity index (χ3v) is 2.37. The average Bonchev–Trinajstić information content (AvgIpc) is 3.05. The topological polar surface area (TPSA) is 117 Å². The molecule has 118 valence electrons. The summed E-state index contributed by atoms with van der Waals surface area (Å²) in [7, 11) is 0. The number of hydrogen-bond donors (Lipinski definition) is 2. The molecule has 0 aliphatic heterocycles. The van der Waals surface area contributed by atoms with Gasteiger partial charge < -0.3 is 10.8 Å². The van der Waals surface area contributed by atoms with Crippen molar-refractivity contribution in [2.24, 2.45) is 10.7 Å². The van der Waals surface area contributed by atoms with Crippen molar-refractivity contribution in [3.63, 3.8) is 0 Å². The normalized spacial score (nSPS) is 12.7. The molecule has 0 atom stereocenters. The van der Waals surface area contributed by atoms with Crippen molar-refractivity contribution in [1.82, 2.24) is 9.78 Å². The van der Waals surface area contributed by atoms with Crippen molar-refractivity contribution in [1.29, 1.82) is 5.26 Å². The molecule has 0 aliphatic carbocycles. The highest BCUT2D eigenvalue weighted by Crippen LogP contribution is 2.12. The zero-order valence-corrected chi connectivity index (χ0v) is 13.2. The Morgan fingerprint density at radius 2 is 2.18 bits per heavy atom. The maximum absolute atomic E-state index is 11.1. The van der Waals surface area contributed by atoms with Crippen LogP contribution in [0.1, 0.15) is 34.1 Å². The number of aliphatic carboxylic acids is 1. The van der Waals surface area contributed by atoms with Gasteiger partial charge in [0, 0.05) is 12.4 Å². The lowest BCUT2D eigenvalue weighted by molar-refractivity contribution is -0.132. The molecule has 1 aromatic rings. The molecule has 0 aliphatic rings. The second kappa shape index (κ2) is 9.94. The van der Waals surface area contributed by atoms with Crippen LogP contribution < -0.4 is 5.73 Å². The molecule has 0 saturated carbocycles. The molecule has 0 aromatic carbocycles. The predicted octanol–water partition coefficient (Wildman–Crippen LogP) is 2.40. The smallest absolute Gasteiger partial charge is 0.339 e. The molecule has 0 saturated heterocycles. The Hall–Kier alpha value is -2.88. The Balaban J connectivity index is 0.00000211. The molecule has 0 radical (unpaired) electrons. The minimum Gasteiger partial charge on any atom is -0.478 e. The average molecular weight is 303 g/mol. The van der Waals surface area contributed by atoms with E-state index in [2.05, 4.69) is 10.1 Å². The molecule has 1 rings (SSSR count). The molecular weight excluding hydrogens is 282 g/mol. The summed E-state index contributed by atoms with van der Waals surface area (Å²) in [5.41, 5.74) is 5.90. The van der Waals surface area contributed by atoms with Crippen molar-refractivity contribution >= 4 is 17.6 Å². The quantitative estimate of drug-likeness (QED) is 0.375. The van der Waals surface area contributed by atoms with Gasteiger partial charge >= 0.3 is 5.97 Å². The Labute approximate surface area is 130 Å². The Morgan fingerprint density at radius 3 is 2.59 bits per heavy atom. The highest BCUT2D eigenvalue weighted by atomic mass is 16.4. The summed E-state index contributed by atoms with van der Waals surface area (Å²) in [6, 6.07) is 3.61. The molecule has 7 nitrogen and oxygen atoms in total. The Kier molecular flexibility index (Phi) is 8.63. The summed E-state index contributed by atoms with van der Waals surface area (Å²) in [6.07, 6.45) is 5.09. The summed E-state index contributed by atoms with van der Waals surface area (Å²) >= 11 is 0. The molecule has 0 unspecified atom stereocenters. The van der Waals surface area contributed by atoms with Gasteiger partial charge in [0.25, 0.3) is 0 Å². The lowest BCUT2D eigenvalue weighted by atomic mass is 10.2. The van der Waals surface area contributed by atoms with E-state index in [1.54, 1.807) is 26.1 Å². The van der Waals surface area contributed by atoms with Gasteiger partial charge in [-0.3, -0.25) is 0 Å². The molecule has 0 amide bonds. The lowest BCUT2D eigenvalue weighted by Crippen LogP contribution is -2.22. The number of carboxylic acid groups (broad SMARTS) is 1. The summed E-state index contributed by atoms with van der Waals surface area (Å²) in [6.45, 7) is 7.35. The van der Waals surface area contributed by atoms with E-state index >= 15 is 0 Å². The fraction of sp³-hybridized carbons (Fsp3) is 0.333. The van der Waals surface area contributed by atoms with Gasteiger partial charge in [0.05, 0.1) is 17.2 Å². The van der Waals surface area contributed by atoms with E-state index in [0.717, 1.165) is 0 Å². The molecule has 1 aromatic heterocycles. The van der Waals surface area contributed by atoms with Crippen LogP contribution in [-0.2, 0) is 4.79 Å². The number of carbonyl (C=O) groups is 1. The van der Waals surface area contributed by atoms with Gasteiger partial charge in [-0.25, -0.2) is 14.5 Å². The van der Waals surface area contributed by atoms with Crippen LogP contribution in [0.25, 0.3) is 5.82 Å². The van der Waals surface area contributed by atoms with Crippen LogP contribution in [0.2, 0.25) is 0 Å². The first-order chi connectivity index (χ1) is 10.5. The van der Waals surface area contributed by atoms with Crippen LogP contribution in [0, 0.1) is 11.3 Å². The van der Waals surface area contributed by atoms with Gasteiger partial charge in [-0.05, 0) is 19.4 Å². The Bertz CT molecular complexity index is 619. The second-order valence-electron chi connectivity index (χ2n) is 3.84. The van der Waals surface area contributed by atoms with Crippen LogP contribution in [0.5, 0.6) is 0 Å². The number of nitriles is 1. The van der Waals surface area contributed by atoms with E-state index in [0.29, 0.717) is 6.42 Å². The number of nitrogens with zero attached hydrogens (tertiary/aromatic N) is 4. The van der Waals surface area contributed by atoms with Gasteiger partial charge in [-0.2, -0.15) is 10.4 Å². The van der Waals surface area contributed by atoms with Crippen LogP contribution in [-0.4, -0.2) is 26.7 Å². The fourth-order valence-electron chi connectivity index (χ4n) is 1.43. The van der Waals surface area contributed by atoms with E-state index in [-0.39, 0.29) is 22.8 Å². The summed E-state index contributed by atoms with van der Waals surface area (Å²) in [5.74, 6) is -1.14. The van der Waals surface area contributed by atoms with E-state index < -0.39 is 5.97 Å². The van der Waals surface area contributed by atoms with E-state index in [4.69, 9.17) is 16.1 Å². The molecule has 1 heterocycles. The monoisotopic (exact) mass is 303 g/mol. The molecule has 0 fully saturated rings. The van der Waals surface area contributed by atoms with Crippen LogP contribution in [0.15, 0.2) is 40.7 Å². The highest BCUT2D eigenvalue weighted by Gasteiger charge is 2.13. The van der Waals surface area contributed by atoms with Gasteiger partial charge in [-0.15, -0.1) is 0 Å². The zero-order chi connectivity index (χ0) is 17.1. The van der Waals surface area contributed by atoms with Crippen LogP contribution >= 0.6 is 0 Å². The van der Waals surface area contributed by atoms with Gasteiger partial charge in [0.2, 0.25) is 0 Å². The molecule has 3 N–H and O–H groups in total. The van der Waals surface area contributed by atoms with Crippen molar-refractivity contribution in [3.8, 4) is 6.07 Å². The SMILES string of the molecule is CC.CC/C=C(C(=O)O)/C(N)=N\C(=C(/C)C#N)n1cccn1. The van der Waals surface area contributed by atoms with Gasteiger partial charge in [0.15, 0.2) is 5.82 Å². The number of nitrogens with two attached hydrogens (primary N) is 1. The summed E-state index contributed by atoms with van der Waals surface area (Å²) in [5, 5.41) is 22.0. The third kappa shape index (κ3) is 5.25. The first kappa shape index (κ1) is 19.1. The van der Waals surface area contributed by atoms with Crippen molar-refractivity contribution in [3.05, 3.63) is 35.7 Å². The largest absolute Gasteiger partial charge is 0.478 e. The van der Waals surface area contributed by atoms with Crippen molar-refractivity contribution < 1.29 is 9.90 Å². The van der Waals surface area contributed by atoms with Crippen LogP contribution in [0.3, 0.4) is 0 Å². The number of rotatable bonds is 5. The number of carboxylic acids is 1.